The second-order valence-corrected chi connectivity index (χ2v) is 7.29. The molecule has 5 heteroatoms. The first-order valence-corrected chi connectivity index (χ1v) is 9.80. The van der Waals surface area contributed by atoms with Gasteiger partial charge >= 0.3 is 10.4 Å². The highest BCUT2D eigenvalue weighted by Gasteiger charge is 2.09. The van der Waals surface area contributed by atoms with Gasteiger partial charge in [-0.3, -0.25) is 4.18 Å². The van der Waals surface area contributed by atoms with Gasteiger partial charge in [0.1, 0.15) is 0 Å². The summed E-state index contributed by atoms with van der Waals surface area (Å²) in [6.07, 6.45) is 13.8. The molecular formula is C16H34O4S. The van der Waals surface area contributed by atoms with Crippen LogP contribution in [0, 0.1) is 5.92 Å². The topological polar surface area (TPSA) is 52.6 Å². The molecule has 0 aliphatic rings. The molecule has 0 aromatic rings. The summed E-state index contributed by atoms with van der Waals surface area (Å²) >= 11 is 0. The Morgan fingerprint density at radius 1 is 0.857 bits per heavy atom. The largest absolute Gasteiger partial charge is 0.399 e. The lowest BCUT2D eigenvalue weighted by atomic mass is 9.97. The molecule has 0 heterocycles. The van der Waals surface area contributed by atoms with Crippen molar-refractivity contribution >= 4 is 10.4 Å². The lowest BCUT2D eigenvalue weighted by Gasteiger charge is -2.11. The molecule has 4 nitrogen and oxygen atoms in total. The normalized spacial score (nSPS) is 13.5. The minimum Gasteiger partial charge on any atom is -0.252 e. The molecule has 128 valence electrons. The number of hydrogen-bond acceptors (Lipinski definition) is 4. The van der Waals surface area contributed by atoms with Crippen LogP contribution in [-0.4, -0.2) is 22.1 Å². The van der Waals surface area contributed by atoms with Crippen molar-refractivity contribution < 1.29 is 16.8 Å². The van der Waals surface area contributed by atoms with Gasteiger partial charge in [0, 0.05) is 0 Å². The fourth-order valence-electron chi connectivity index (χ4n) is 2.41. The highest BCUT2D eigenvalue weighted by molar-refractivity contribution is 7.81. The van der Waals surface area contributed by atoms with E-state index in [1.165, 1.54) is 57.8 Å². The van der Waals surface area contributed by atoms with Crippen LogP contribution < -0.4 is 0 Å². The summed E-state index contributed by atoms with van der Waals surface area (Å²) in [5, 5.41) is 0. The third-order valence-electron chi connectivity index (χ3n) is 3.82. The van der Waals surface area contributed by atoms with Crippen molar-refractivity contribution in [2.24, 2.45) is 5.92 Å². The fourth-order valence-corrected chi connectivity index (χ4v) is 2.83. The minimum atomic E-state index is -3.75. The number of unbranched alkanes of at least 4 members (excludes halogenated alkanes) is 7. The van der Waals surface area contributed by atoms with E-state index in [1.807, 2.05) is 0 Å². The average molecular weight is 323 g/mol. The molecule has 0 amide bonds. The van der Waals surface area contributed by atoms with Crippen LogP contribution in [0.15, 0.2) is 0 Å². The van der Waals surface area contributed by atoms with Crippen LogP contribution in [-0.2, 0) is 18.8 Å². The van der Waals surface area contributed by atoms with E-state index in [4.69, 9.17) is 0 Å². The van der Waals surface area contributed by atoms with E-state index in [0.717, 1.165) is 20.0 Å². The van der Waals surface area contributed by atoms with Crippen molar-refractivity contribution in [3.8, 4) is 0 Å². The Morgan fingerprint density at radius 3 is 1.95 bits per heavy atom. The molecule has 0 spiro atoms. The molecule has 0 aliphatic heterocycles. The minimum absolute atomic E-state index is 0.220. The molecule has 0 aromatic heterocycles. The zero-order valence-corrected chi connectivity index (χ0v) is 14.9. The maximum absolute atomic E-state index is 10.9. The van der Waals surface area contributed by atoms with Crippen molar-refractivity contribution in [3.63, 3.8) is 0 Å². The molecule has 0 bridgehead atoms. The van der Waals surface area contributed by atoms with E-state index >= 15 is 0 Å². The lowest BCUT2D eigenvalue weighted by molar-refractivity contribution is 0.233. The Bertz CT molecular complexity index is 314. The lowest BCUT2D eigenvalue weighted by Crippen LogP contribution is -2.09. The van der Waals surface area contributed by atoms with Crippen molar-refractivity contribution in [1.29, 1.82) is 0 Å². The number of rotatable bonds is 15. The Balaban J connectivity index is 3.33. The quantitative estimate of drug-likeness (QED) is 0.405. The Labute approximate surface area is 131 Å². The summed E-state index contributed by atoms with van der Waals surface area (Å²) < 4.78 is 30.8. The Kier molecular flexibility index (Phi) is 13.4. The van der Waals surface area contributed by atoms with Crippen LogP contribution >= 0.6 is 0 Å². The predicted molar refractivity (Wildman–Crippen MR) is 87.5 cm³/mol. The van der Waals surface area contributed by atoms with Gasteiger partial charge in [-0.2, -0.15) is 8.42 Å². The first kappa shape index (κ1) is 20.9. The van der Waals surface area contributed by atoms with Gasteiger partial charge in [0.05, 0.1) is 13.7 Å². The maximum atomic E-state index is 10.9. The van der Waals surface area contributed by atoms with E-state index in [0.29, 0.717) is 5.92 Å². The highest BCUT2D eigenvalue weighted by Crippen LogP contribution is 2.16. The third kappa shape index (κ3) is 14.6. The predicted octanol–water partition coefficient (Wildman–Crippen LogP) is 4.84. The molecule has 1 atom stereocenters. The van der Waals surface area contributed by atoms with Crippen molar-refractivity contribution in [2.75, 3.05) is 13.7 Å². The van der Waals surface area contributed by atoms with E-state index in [9.17, 15) is 8.42 Å². The van der Waals surface area contributed by atoms with E-state index in [1.54, 1.807) is 0 Å². The van der Waals surface area contributed by atoms with Crippen LogP contribution in [0.1, 0.15) is 84.5 Å². The zero-order valence-electron chi connectivity index (χ0n) is 14.1. The molecule has 0 N–H and O–H groups in total. The average Bonchev–Trinajstić information content (AvgIpc) is 2.46. The molecule has 0 saturated heterocycles. The first-order valence-electron chi connectivity index (χ1n) is 8.46. The summed E-state index contributed by atoms with van der Waals surface area (Å²) in [6, 6.07) is 0. The second-order valence-electron chi connectivity index (χ2n) is 5.91. The summed E-state index contributed by atoms with van der Waals surface area (Å²) in [5.41, 5.74) is 0. The van der Waals surface area contributed by atoms with Crippen LogP contribution in [0.3, 0.4) is 0 Å². The van der Waals surface area contributed by atoms with Gasteiger partial charge in [-0.15, -0.1) is 0 Å². The monoisotopic (exact) mass is 322 g/mol. The van der Waals surface area contributed by atoms with E-state index in [-0.39, 0.29) is 6.61 Å². The maximum Gasteiger partial charge on any atom is 0.399 e. The van der Waals surface area contributed by atoms with Crippen LogP contribution in [0.25, 0.3) is 0 Å². The molecule has 0 aromatic carbocycles. The Morgan fingerprint density at radius 2 is 1.38 bits per heavy atom. The zero-order chi connectivity index (χ0) is 16.0. The molecular weight excluding hydrogens is 288 g/mol. The summed E-state index contributed by atoms with van der Waals surface area (Å²) in [5.74, 6) is 0.638. The van der Waals surface area contributed by atoms with Crippen molar-refractivity contribution in [2.45, 2.75) is 84.5 Å². The molecule has 0 fully saturated rings. The molecule has 21 heavy (non-hydrogen) atoms. The SMILES string of the molecule is CCCCCCCCCCC(C)CCCOS(=O)(=O)OC. The van der Waals surface area contributed by atoms with Gasteiger partial charge in [0.25, 0.3) is 0 Å². The van der Waals surface area contributed by atoms with Crippen LogP contribution in [0.5, 0.6) is 0 Å². The summed E-state index contributed by atoms with van der Waals surface area (Å²) in [7, 11) is -2.64. The van der Waals surface area contributed by atoms with E-state index < -0.39 is 10.4 Å². The van der Waals surface area contributed by atoms with Gasteiger partial charge in [-0.05, 0) is 18.8 Å². The van der Waals surface area contributed by atoms with Gasteiger partial charge < -0.3 is 0 Å². The smallest absolute Gasteiger partial charge is 0.252 e. The van der Waals surface area contributed by atoms with Crippen molar-refractivity contribution in [1.82, 2.24) is 0 Å². The van der Waals surface area contributed by atoms with Gasteiger partial charge in [0.15, 0.2) is 0 Å². The molecule has 0 saturated carbocycles. The standard InChI is InChI=1S/C16H34O4S/c1-4-5-6-7-8-9-10-11-13-16(2)14-12-15-20-21(17,18)19-3/h16H,4-15H2,1-3H3. The third-order valence-corrected chi connectivity index (χ3v) is 4.69. The molecule has 0 rings (SSSR count). The summed E-state index contributed by atoms with van der Waals surface area (Å²) in [4.78, 5) is 0. The second kappa shape index (κ2) is 13.5. The molecule has 0 aliphatic carbocycles. The Hall–Kier alpha value is -0.130. The van der Waals surface area contributed by atoms with Crippen LogP contribution in [0.2, 0.25) is 0 Å². The van der Waals surface area contributed by atoms with Gasteiger partial charge in [-0.25, -0.2) is 4.18 Å². The first-order chi connectivity index (χ1) is 10.0. The molecule has 1 unspecified atom stereocenters. The fraction of sp³-hybridized carbons (Fsp3) is 1.00. The van der Waals surface area contributed by atoms with E-state index in [2.05, 4.69) is 22.2 Å². The van der Waals surface area contributed by atoms with Crippen molar-refractivity contribution in [3.05, 3.63) is 0 Å². The molecule has 0 radical (unpaired) electrons. The van der Waals surface area contributed by atoms with Crippen LogP contribution in [0.4, 0.5) is 0 Å². The number of hydrogen-bond donors (Lipinski definition) is 0. The highest BCUT2D eigenvalue weighted by atomic mass is 32.3. The van der Waals surface area contributed by atoms with Gasteiger partial charge in [0.2, 0.25) is 0 Å². The summed E-state index contributed by atoms with van der Waals surface area (Å²) in [6.45, 7) is 4.70. The van der Waals surface area contributed by atoms with Gasteiger partial charge in [-0.1, -0.05) is 71.6 Å².